The van der Waals surface area contributed by atoms with Crippen molar-refractivity contribution in [3.05, 3.63) is 64.5 Å². The van der Waals surface area contributed by atoms with Crippen molar-refractivity contribution >= 4 is 11.8 Å². The third-order valence-corrected chi connectivity index (χ3v) is 2.59. The molecule has 2 aromatic rings. The van der Waals surface area contributed by atoms with E-state index in [4.69, 9.17) is 4.74 Å². The minimum atomic E-state index is -0.863. The van der Waals surface area contributed by atoms with Crippen molar-refractivity contribution in [2.24, 2.45) is 0 Å². The predicted octanol–water partition coefficient (Wildman–Crippen LogP) is 3.87. The van der Waals surface area contributed by atoms with Gasteiger partial charge in [-0.25, -0.2) is 4.39 Å². The summed E-state index contributed by atoms with van der Waals surface area (Å²) in [6, 6.07) is 7.56. The minimum Gasteiger partial charge on any atom is -0.507 e. The number of benzene rings is 2. The monoisotopic (exact) mass is 275 g/mol. The Morgan fingerprint density at radius 2 is 2.05 bits per heavy atom. The maximum atomic E-state index is 13.7. The highest BCUT2D eigenvalue weighted by molar-refractivity contribution is 5.63. The van der Waals surface area contributed by atoms with Gasteiger partial charge >= 0.3 is 0 Å². The van der Waals surface area contributed by atoms with E-state index in [0.29, 0.717) is 5.56 Å². The summed E-state index contributed by atoms with van der Waals surface area (Å²) in [5.41, 5.74) is -0.0556. The van der Waals surface area contributed by atoms with Crippen molar-refractivity contribution in [3.63, 3.8) is 0 Å². The maximum absolute atomic E-state index is 13.7. The molecule has 0 aliphatic rings. The second kappa shape index (κ2) is 5.40. The van der Waals surface area contributed by atoms with E-state index in [1.165, 1.54) is 24.3 Å². The molecule has 0 aromatic heterocycles. The van der Waals surface area contributed by atoms with Gasteiger partial charge in [-0.1, -0.05) is 18.7 Å². The molecule has 0 aliphatic heterocycles. The van der Waals surface area contributed by atoms with Crippen LogP contribution in [0.15, 0.2) is 43.0 Å². The first-order valence-electron chi connectivity index (χ1n) is 5.59. The number of ether oxygens (including phenoxy) is 1. The Bertz CT molecular complexity index is 685. The normalized spacial score (nSPS) is 10.1. The summed E-state index contributed by atoms with van der Waals surface area (Å²) in [7, 11) is 0. The average Bonchev–Trinajstić information content (AvgIpc) is 2.41. The second-order valence-corrected chi connectivity index (χ2v) is 3.87. The van der Waals surface area contributed by atoms with E-state index in [1.54, 1.807) is 0 Å². The van der Waals surface area contributed by atoms with Crippen LogP contribution in [0.1, 0.15) is 5.56 Å². The van der Waals surface area contributed by atoms with Crippen molar-refractivity contribution in [3.8, 4) is 17.2 Å². The molecule has 0 radical (unpaired) electrons. The third kappa shape index (κ3) is 2.59. The van der Waals surface area contributed by atoms with Crippen molar-refractivity contribution in [2.45, 2.75) is 0 Å². The molecular weight excluding hydrogens is 265 g/mol. The molecule has 0 amide bonds. The number of nitro benzene ring substituents is 1. The fourth-order valence-corrected chi connectivity index (χ4v) is 1.63. The Hall–Kier alpha value is -2.89. The van der Waals surface area contributed by atoms with Crippen molar-refractivity contribution < 1.29 is 19.2 Å². The van der Waals surface area contributed by atoms with Crippen LogP contribution in [0.3, 0.4) is 0 Å². The average molecular weight is 275 g/mol. The quantitative estimate of drug-likeness (QED) is 0.679. The molecule has 0 bridgehead atoms. The van der Waals surface area contributed by atoms with Gasteiger partial charge in [0, 0.05) is 6.07 Å². The first-order chi connectivity index (χ1) is 9.52. The first kappa shape index (κ1) is 13.5. The molecule has 0 atom stereocenters. The Balaban J connectivity index is 2.38. The number of hydrogen-bond acceptors (Lipinski definition) is 4. The van der Waals surface area contributed by atoms with Gasteiger partial charge in [-0.3, -0.25) is 10.1 Å². The van der Waals surface area contributed by atoms with Gasteiger partial charge in [0.2, 0.25) is 0 Å². The number of nitrogens with zero attached hydrogens (tertiary/aromatic N) is 1. The maximum Gasteiger partial charge on any atom is 0.272 e. The lowest BCUT2D eigenvalue weighted by molar-refractivity contribution is -0.385. The van der Waals surface area contributed by atoms with Gasteiger partial charge < -0.3 is 9.84 Å². The fraction of sp³-hybridized carbons (Fsp3) is 0. The van der Waals surface area contributed by atoms with Gasteiger partial charge in [-0.05, 0) is 18.2 Å². The molecule has 102 valence electrons. The lowest BCUT2D eigenvalue weighted by atomic mass is 10.2. The van der Waals surface area contributed by atoms with Crippen LogP contribution in [0.4, 0.5) is 10.1 Å². The van der Waals surface area contributed by atoms with Crippen molar-refractivity contribution in [1.82, 2.24) is 0 Å². The number of aromatic hydroxyl groups is 1. The first-order valence-corrected chi connectivity index (χ1v) is 5.59. The highest BCUT2D eigenvalue weighted by Crippen LogP contribution is 2.34. The Kier molecular flexibility index (Phi) is 3.65. The fourth-order valence-electron chi connectivity index (χ4n) is 1.63. The van der Waals surface area contributed by atoms with E-state index in [2.05, 4.69) is 6.58 Å². The summed E-state index contributed by atoms with van der Waals surface area (Å²) >= 11 is 0. The summed E-state index contributed by atoms with van der Waals surface area (Å²) in [5, 5.41) is 20.1. The standard InChI is InChI=1S/C14H10FNO4/c1-2-10-12(17)4-3-5-13(10)20-14-7-6-9(16(18)19)8-11(14)15/h2-8,17H,1H2. The van der Waals surface area contributed by atoms with E-state index in [0.717, 1.165) is 18.2 Å². The SMILES string of the molecule is C=Cc1c(O)cccc1Oc1ccc([N+](=O)[O-])cc1F. The molecule has 0 heterocycles. The molecule has 0 aliphatic carbocycles. The van der Waals surface area contributed by atoms with E-state index in [9.17, 15) is 19.6 Å². The highest BCUT2D eigenvalue weighted by Gasteiger charge is 2.14. The number of phenolic OH excluding ortho intramolecular Hbond substituents is 1. The number of non-ortho nitro benzene ring substituents is 1. The van der Waals surface area contributed by atoms with E-state index in [-0.39, 0.29) is 22.9 Å². The van der Waals surface area contributed by atoms with Gasteiger partial charge in [-0.2, -0.15) is 0 Å². The van der Waals surface area contributed by atoms with Gasteiger partial charge in [-0.15, -0.1) is 0 Å². The Labute approximate surface area is 113 Å². The summed E-state index contributed by atoms with van der Waals surface area (Å²) in [5.74, 6) is -0.894. The summed E-state index contributed by atoms with van der Waals surface area (Å²) < 4.78 is 19.0. The second-order valence-electron chi connectivity index (χ2n) is 3.87. The molecule has 0 fully saturated rings. The lowest BCUT2D eigenvalue weighted by Gasteiger charge is -2.10. The van der Waals surface area contributed by atoms with Crippen LogP contribution in [0.2, 0.25) is 0 Å². The van der Waals surface area contributed by atoms with Crippen LogP contribution in [0.5, 0.6) is 17.2 Å². The molecule has 5 nitrogen and oxygen atoms in total. The van der Waals surface area contributed by atoms with E-state index < -0.39 is 10.7 Å². The van der Waals surface area contributed by atoms with Crippen LogP contribution in [-0.2, 0) is 0 Å². The smallest absolute Gasteiger partial charge is 0.272 e. The predicted molar refractivity (Wildman–Crippen MR) is 71.3 cm³/mol. The van der Waals surface area contributed by atoms with Gasteiger partial charge in [0.25, 0.3) is 5.69 Å². The molecule has 1 N–H and O–H groups in total. The number of phenols is 1. The third-order valence-electron chi connectivity index (χ3n) is 2.59. The van der Waals surface area contributed by atoms with Crippen molar-refractivity contribution in [2.75, 3.05) is 0 Å². The number of rotatable bonds is 4. The highest BCUT2D eigenvalue weighted by atomic mass is 19.1. The minimum absolute atomic E-state index is 0.0557. The molecule has 20 heavy (non-hydrogen) atoms. The number of nitro groups is 1. The zero-order valence-electron chi connectivity index (χ0n) is 10.2. The zero-order valence-corrected chi connectivity index (χ0v) is 10.2. The lowest BCUT2D eigenvalue weighted by Crippen LogP contribution is -1.93. The molecular formula is C14H10FNO4. The Morgan fingerprint density at radius 3 is 2.65 bits per heavy atom. The van der Waals surface area contributed by atoms with Crippen LogP contribution in [0.25, 0.3) is 6.08 Å². The molecule has 2 rings (SSSR count). The number of hydrogen-bond donors (Lipinski definition) is 1. The van der Waals surface area contributed by atoms with Crippen molar-refractivity contribution in [1.29, 1.82) is 0 Å². The molecule has 0 saturated heterocycles. The summed E-state index contributed by atoms with van der Waals surface area (Å²) in [6.07, 6.45) is 1.37. The van der Waals surface area contributed by atoms with Gasteiger partial charge in [0.1, 0.15) is 11.5 Å². The molecule has 0 saturated carbocycles. The van der Waals surface area contributed by atoms with Crippen LogP contribution in [-0.4, -0.2) is 10.0 Å². The topological polar surface area (TPSA) is 72.6 Å². The van der Waals surface area contributed by atoms with Gasteiger partial charge in [0.15, 0.2) is 11.6 Å². The van der Waals surface area contributed by atoms with Crippen LogP contribution in [0, 0.1) is 15.9 Å². The summed E-state index contributed by atoms with van der Waals surface area (Å²) in [4.78, 5) is 9.82. The van der Waals surface area contributed by atoms with Gasteiger partial charge in [0.05, 0.1) is 16.6 Å². The van der Waals surface area contributed by atoms with Crippen LogP contribution >= 0.6 is 0 Å². The Morgan fingerprint density at radius 1 is 1.30 bits per heavy atom. The summed E-state index contributed by atoms with van der Waals surface area (Å²) in [6.45, 7) is 3.53. The number of halogens is 1. The largest absolute Gasteiger partial charge is 0.507 e. The molecule has 0 unspecified atom stereocenters. The zero-order chi connectivity index (χ0) is 14.7. The molecule has 2 aromatic carbocycles. The molecule has 0 spiro atoms. The van der Waals surface area contributed by atoms with E-state index >= 15 is 0 Å². The van der Waals surface area contributed by atoms with E-state index in [1.807, 2.05) is 0 Å². The molecule has 6 heteroatoms. The van der Waals surface area contributed by atoms with Crippen LogP contribution < -0.4 is 4.74 Å².